The molecule has 0 aromatic heterocycles. The van der Waals surface area contributed by atoms with Crippen molar-refractivity contribution >= 4 is 14.3 Å². The second kappa shape index (κ2) is 5.79. The van der Waals surface area contributed by atoms with Crippen LogP contribution >= 0.6 is 0 Å². The third-order valence-electron chi connectivity index (χ3n) is 3.32. The minimum absolute atomic E-state index is 0.172. The fourth-order valence-corrected chi connectivity index (χ4v) is 2.10. The Morgan fingerprint density at radius 2 is 1.94 bits per heavy atom. The summed E-state index contributed by atoms with van der Waals surface area (Å²) in [4.78, 5) is 10.8. The lowest BCUT2D eigenvalue weighted by Crippen LogP contribution is -2.42. The topological polar surface area (TPSA) is 58.6 Å². The molecule has 0 spiro atoms. The minimum atomic E-state index is -1.74. The summed E-state index contributed by atoms with van der Waals surface area (Å²) in [5.74, 6) is -0.818. The second-order valence-electron chi connectivity index (χ2n) is 5.58. The average molecular weight is 247 g/mol. The maximum Gasteiger partial charge on any atom is 0.320 e. The van der Waals surface area contributed by atoms with E-state index in [1.54, 1.807) is 7.05 Å². The molecule has 0 heterocycles. The van der Waals surface area contributed by atoms with Gasteiger partial charge in [0.05, 0.1) is 0 Å². The lowest BCUT2D eigenvalue weighted by Gasteiger charge is -2.36. The van der Waals surface area contributed by atoms with Crippen LogP contribution in [0.2, 0.25) is 18.1 Å². The molecule has 0 aromatic carbocycles. The molecule has 96 valence electrons. The highest BCUT2D eigenvalue weighted by molar-refractivity contribution is 6.74. The monoisotopic (exact) mass is 247 g/mol. The Hall–Kier alpha value is -0.393. The minimum Gasteiger partial charge on any atom is -0.480 e. The number of carbonyl (C=O) groups is 1. The van der Waals surface area contributed by atoms with E-state index in [4.69, 9.17) is 9.53 Å². The number of carboxylic acid groups (broad SMARTS) is 1. The van der Waals surface area contributed by atoms with Gasteiger partial charge in [-0.15, -0.1) is 0 Å². The van der Waals surface area contributed by atoms with Gasteiger partial charge in [-0.3, -0.25) is 4.79 Å². The van der Waals surface area contributed by atoms with Gasteiger partial charge in [0.1, 0.15) is 6.04 Å². The van der Waals surface area contributed by atoms with Crippen molar-refractivity contribution in [3.63, 3.8) is 0 Å². The zero-order valence-corrected chi connectivity index (χ0v) is 12.3. The summed E-state index contributed by atoms with van der Waals surface area (Å²) < 4.78 is 5.91. The number of hydrogen-bond acceptors (Lipinski definition) is 3. The van der Waals surface area contributed by atoms with Gasteiger partial charge in [0.25, 0.3) is 0 Å². The summed E-state index contributed by atoms with van der Waals surface area (Å²) >= 11 is 0. The van der Waals surface area contributed by atoms with Crippen molar-refractivity contribution < 1.29 is 14.3 Å². The van der Waals surface area contributed by atoms with Crippen molar-refractivity contribution in [1.29, 1.82) is 0 Å². The fourth-order valence-electron chi connectivity index (χ4n) is 1.04. The first-order chi connectivity index (χ1) is 7.12. The van der Waals surface area contributed by atoms with Gasteiger partial charge in [-0.25, -0.2) is 0 Å². The van der Waals surface area contributed by atoms with Crippen LogP contribution in [0.3, 0.4) is 0 Å². The molecule has 0 saturated heterocycles. The van der Waals surface area contributed by atoms with Crippen LogP contribution in [0.1, 0.15) is 27.2 Å². The molecule has 0 saturated carbocycles. The largest absolute Gasteiger partial charge is 0.480 e. The maximum atomic E-state index is 10.8. The van der Waals surface area contributed by atoms with Crippen molar-refractivity contribution in [2.45, 2.75) is 51.4 Å². The highest BCUT2D eigenvalue weighted by Crippen LogP contribution is 2.36. The molecule has 0 aliphatic carbocycles. The predicted molar refractivity (Wildman–Crippen MR) is 68.2 cm³/mol. The zero-order chi connectivity index (χ0) is 13.0. The van der Waals surface area contributed by atoms with Crippen LogP contribution in [0.15, 0.2) is 0 Å². The van der Waals surface area contributed by atoms with Crippen molar-refractivity contribution in [3.8, 4) is 0 Å². The Labute approximate surface area is 99.5 Å². The number of aliphatic carboxylic acids is 1. The zero-order valence-electron chi connectivity index (χ0n) is 11.3. The Kier molecular flexibility index (Phi) is 5.65. The van der Waals surface area contributed by atoms with Crippen molar-refractivity contribution in [2.75, 3.05) is 13.7 Å². The number of hydrogen-bond donors (Lipinski definition) is 2. The summed E-state index contributed by atoms with van der Waals surface area (Å²) in [6, 6.07) is -0.509. The van der Waals surface area contributed by atoms with Crippen molar-refractivity contribution in [2.24, 2.45) is 0 Å². The molecule has 2 N–H and O–H groups in total. The van der Waals surface area contributed by atoms with E-state index in [0.29, 0.717) is 13.0 Å². The van der Waals surface area contributed by atoms with Crippen LogP contribution < -0.4 is 5.32 Å². The average Bonchev–Trinajstić information content (AvgIpc) is 2.09. The highest BCUT2D eigenvalue weighted by Gasteiger charge is 2.37. The van der Waals surface area contributed by atoms with Gasteiger partial charge >= 0.3 is 5.97 Å². The Bertz CT molecular complexity index is 236. The molecule has 16 heavy (non-hydrogen) atoms. The molecule has 0 aliphatic heterocycles. The number of likely N-dealkylation sites (N-methyl/N-ethyl adjacent to an activating group) is 1. The van der Waals surface area contributed by atoms with E-state index in [1.165, 1.54) is 0 Å². The van der Waals surface area contributed by atoms with Crippen LogP contribution in [-0.2, 0) is 9.22 Å². The smallest absolute Gasteiger partial charge is 0.320 e. The number of rotatable bonds is 6. The van der Waals surface area contributed by atoms with E-state index in [1.807, 2.05) is 0 Å². The molecule has 0 radical (unpaired) electrons. The van der Waals surface area contributed by atoms with Gasteiger partial charge in [-0.2, -0.15) is 0 Å². The Morgan fingerprint density at radius 1 is 1.44 bits per heavy atom. The summed E-state index contributed by atoms with van der Waals surface area (Å²) in [5, 5.41) is 11.8. The molecule has 0 bridgehead atoms. The van der Waals surface area contributed by atoms with Crippen molar-refractivity contribution in [3.05, 3.63) is 0 Å². The van der Waals surface area contributed by atoms with Gasteiger partial charge in [-0.05, 0) is 31.6 Å². The molecule has 0 aromatic rings. The fraction of sp³-hybridized carbons (Fsp3) is 0.909. The quantitative estimate of drug-likeness (QED) is 0.706. The third-order valence-corrected chi connectivity index (χ3v) is 7.86. The summed E-state index contributed by atoms with van der Waals surface area (Å²) in [7, 11) is -0.0821. The summed E-state index contributed by atoms with van der Waals surface area (Å²) in [6.45, 7) is 11.4. The molecular formula is C11H25NO3Si. The van der Waals surface area contributed by atoms with Gasteiger partial charge in [-0.1, -0.05) is 20.8 Å². The predicted octanol–water partition coefficient (Wildman–Crippen LogP) is 2.07. The van der Waals surface area contributed by atoms with Gasteiger partial charge in [0, 0.05) is 6.61 Å². The SMILES string of the molecule is CNC(CCO[Si](C)(C)C(C)(C)C)C(=O)O. The Balaban J connectivity index is 4.12. The standard InChI is InChI=1S/C11H25NO3Si/c1-11(2,3)16(5,6)15-8-7-9(12-4)10(13)14/h9,12H,7-8H2,1-6H3,(H,13,14). The molecule has 1 unspecified atom stereocenters. The van der Waals surface area contributed by atoms with Crippen LogP contribution in [0.25, 0.3) is 0 Å². The molecule has 0 amide bonds. The molecule has 1 atom stereocenters. The first-order valence-corrected chi connectivity index (χ1v) is 8.56. The summed E-state index contributed by atoms with van der Waals surface area (Å²) in [6.07, 6.45) is 0.512. The normalized spacial score (nSPS) is 14.9. The van der Waals surface area contributed by atoms with E-state index in [9.17, 15) is 4.79 Å². The lowest BCUT2D eigenvalue weighted by molar-refractivity contribution is -0.139. The van der Waals surface area contributed by atoms with Crippen LogP contribution in [0.4, 0.5) is 0 Å². The van der Waals surface area contributed by atoms with Gasteiger partial charge < -0.3 is 14.8 Å². The molecular weight excluding hydrogens is 222 g/mol. The van der Waals surface area contributed by atoms with Crippen LogP contribution in [0, 0.1) is 0 Å². The maximum absolute atomic E-state index is 10.8. The first-order valence-electron chi connectivity index (χ1n) is 5.66. The van der Waals surface area contributed by atoms with E-state index in [2.05, 4.69) is 39.2 Å². The van der Waals surface area contributed by atoms with E-state index >= 15 is 0 Å². The van der Waals surface area contributed by atoms with Crippen LogP contribution in [-0.4, -0.2) is 39.1 Å². The molecule has 0 rings (SSSR count). The van der Waals surface area contributed by atoms with Gasteiger partial charge in [0.15, 0.2) is 8.32 Å². The number of carboxylic acids is 1. The highest BCUT2D eigenvalue weighted by atomic mass is 28.4. The third kappa shape index (κ3) is 4.63. The molecule has 5 heteroatoms. The van der Waals surface area contributed by atoms with E-state index < -0.39 is 20.3 Å². The Morgan fingerprint density at radius 3 is 2.25 bits per heavy atom. The molecule has 0 fully saturated rings. The second-order valence-corrected chi connectivity index (χ2v) is 10.4. The molecule has 4 nitrogen and oxygen atoms in total. The molecule has 0 aliphatic rings. The van der Waals surface area contributed by atoms with E-state index in [-0.39, 0.29) is 5.04 Å². The van der Waals surface area contributed by atoms with Crippen LogP contribution in [0.5, 0.6) is 0 Å². The summed E-state index contributed by atoms with van der Waals surface area (Å²) in [5.41, 5.74) is 0. The van der Waals surface area contributed by atoms with Gasteiger partial charge in [0.2, 0.25) is 0 Å². The van der Waals surface area contributed by atoms with E-state index in [0.717, 1.165) is 0 Å². The number of nitrogens with one attached hydrogen (secondary N) is 1. The lowest BCUT2D eigenvalue weighted by atomic mass is 10.2. The first kappa shape index (κ1) is 15.6. The van der Waals surface area contributed by atoms with Crippen molar-refractivity contribution in [1.82, 2.24) is 5.32 Å².